The Hall–Kier alpha value is -1.47. The van der Waals surface area contributed by atoms with Gasteiger partial charge >= 0.3 is 0 Å². The second-order valence-corrected chi connectivity index (χ2v) is 31.0. The Balaban J connectivity index is 1.34. The largest absolute Gasteiger partial charge is 0.394 e. The van der Waals surface area contributed by atoms with Crippen LogP contribution >= 0.6 is 0 Å². The predicted molar refractivity (Wildman–Crippen MR) is 407 cm³/mol. The molecule has 3 heterocycles. The monoisotopic (exact) mass is 1460 g/mol. The van der Waals surface area contributed by atoms with Gasteiger partial charge in [0, 0.05) is 6.42 Å². The Morgan fingerprint density at radius 3 is 0.922 bits per heavy atom. The van der Waals surface area contributed by atoms with Crippen molar-refractivity contribution in [1.82, 2.24) is 5.32 Å². The molecule has 19 heteroatoms. The highest BCUT2D eigenvalue weighted by Gasteiger charge is 2.54. The van der Waals surface area contributed by atoms with Gasteiger partial charge in [-0.2, -0.15) is 0 Å². The quantitative estimate of drug-likeness (QED) is 0.0199. The highest BCUT2D eigenvalue weighted by Crippen LogP contribution is 2.34. The van der Waals surface area contributed by atoms with E-state index in [0.29, 0.717) is 6.42 Å². The number of ether oxygens (including phenoxy) is 6. The van der Waals surface area contributed by atoms with E-state index in [2.05, 4.69) is 19.2 Å². The van der Waals surface area contributed by atoms with E-state index >= 15 is 0 Å². The SMILES string of the molecule is CCCCCCCCCCCCCCCCCCCCCCCCC/C=C/C(O)C(COC1OC(CO)C(OC2OC(CO)C(OC3OC(CO)C(O)C(O)C3O)C(O)C2O)C(O)C1O)NC(=O)CCCCCCCCCCCCCCCCCCCCCCCCCCCCCCCCCC. The molecule has 1 amide bonds. The van der Waals surface area contributed by atoms with Crippen LogP contribution in [0.15, 0.2) is 12.2 Å². The van der Waals surface area contributed by atoms with E-state index in [1.165, 1.54) is 308 Å². The van der Waals surface area contributed by atoms with Crippen molar-refractivity contribution in [2.45, 2.75) is 484 Å². The molecule has 17 atom stereocenters. The Bertz CT molecular complexity index is 1890. The summed E-state index contributed by atoms with van der Waals surface area (Å²) < 4.78 is 34.5. The minimum atomic E-state index is -1.98. The molecule has 0 aromatic heterocycles. The molecule has 0 aliphatic carbocycles. The van der Waals surface area contributed by atoms with Crippen molar-refractivity contribution >= 4 is 5.91 Å². The van der Waals surface area contributed by atoms with Crippen molar-refractivity contribution in [3.05, 3.63) is 12.2 Å². The maximum absolute atomic E-state index is 13.5. The molecular formula is C83H159NO18. The lowest BCUT2D eigenvalue weighted by atomic mass is 9.96. The molecular weight excluding hydrogens is 1300 g/mol. The highest BCUT2D eigenvalue weighted by atomic mass is 16.8. The first-order valence-corrected chi connectivity index (χ1v) is 42.9. The van der Waals surface area contributed by atoms with Gasteiger partial charge in [0.1, 0.15) is 73.2 Å². The number of hydrogen-bond acceptors (Lipinski definition) is 18. The van der Waals surface area contributed by atoms with Gasteiger partial charge in [0.25, 0.3) is 0 Å². The van der Waals surface area contributed by atoms with Crippen LogP contribution < -0.4 is 5.32 Å². The zero-order valence-corrected chi connectivity index (χ0v) is 64.9. The second-order valence-electron chi connectivity index (χ2n) is 31.0. The maximum atomic E-state index is 13.5. The number of hydrogen-bond donors (Lipinski definition) is 12. The van der Waals surface area contributed by atoms with Crippen LogP contribution in [0.4, 0.5) is 0 Å². The van der Waals surface area contributed by atoms with Crippen molar-refractivity contribution in [2.75, 3.05) is 26.4 Å². The molecule has 0 aromatic carbocycles. The van der Waals surface area contributed by atoms with Crippen molar-refractivity contribution in [3.8, 4) is 0 Å². The van der Waals surface area contributed by atoms with Gasteiger partial charge in [0.15, 0.2) is 18.9 Å². The number of rotatable bonds is 70. The smallest absolute Gasteiger partial charge is 0.220 e. The van der Waals surface area contributed by atoms with Crippen LogP contribution in [0, 0.1) is 0 Å². The molecule has 12 N–H and O–H groups in total. The Kier molecular flexibility index (Phi) is 59.8. The molecule has 3 saturated heterocycles. The van der Waals surface area contributed by atoms with E-state index in [0.717, 1.165) is 44.9 Å². The van der Waals surface area contributed by atoms with Crippen molar-refractivity contribution in [1.29, 1.82) is 0 Å². The fourth-order valence-electron chi connectivity index (χ4n) is 15.0. The van der Waals surface area contributed by atoms with Crippen molar-refractivity contribution in [2.24, 2.45) is 0 Å². The molecule has 3 aliphatic rings. The lowest BCUT2D eigenvalue weighted by molar-refractivity contribution is -0.379. The number of nitrogens with one attached hydrogen (secondary N) is 1. The van der Waals surface area contributed by atoms with Gasteiger partial charge in [-0.25, -0.2) is 0 Å². The summed E-state index contributed by atoms with van der Waals surface area (Å²) in [6.07, 6.45) is 50.7. The molecule has 604 valence electrons. The summed E-state index contributed by atoms with van der Waals surface area (Å²) in [6, 6.07) is -0.971. The van der Waals surface area contributed by atoms with Crippen LogP contribution in [0.3, 0.4) is 0 Å². The van der Waals surface area contributed by atoms with E-state index < -0.39 is 124 Å². The minimum Gasteiger partial charge on any atom is -0.394 e. The Labute approximate surface area is 620 Å². The molecule has 0 aromatic rings. The van der Waals surface area contributed by atoms with Gasteiger partial charge in [-0.3, -0.25) is 4.79 Å². The van der Waals surface area contributed by atoms with Gasteiger partial charge < -0.3 is 89.9 Å². The average molecular weight is 1460 g/mol. The molecule has 0 bridgehead atoms. The third kappa shape index (κ3) is 43.7. The van der Waals surface area contributed by atoms with Crippen LogP contribution in [0.25, 0.3) is 0 Å². The van der Waals surface area contributed by atoms with E-state index in [1.807, 2.05) is 6.08 Å². The molecule has 3 rings (SSSR count). The third-order valence-electron chi connectivity index (χ3n) is 21.8. The van der Waals surface area contributed by atoms with Crippen LogP contribution in [-0.2, 0) is 33.2 Å². The summed E-state index contributed by atoms with van der Waals surface area (Å²) in [4.78, 5) is 13.5. The standard InChI is InChI=1S/C83H159NO18/c1-3-5-7-9-11-13-15-17-19-21-23-25-27-29-30-31-32-33-34-35-37-39-41-43-45-47-49-51-53-55-57-59-61-71(89)84-66(67(88)60-58-56-54-52-50-48-46-44-42-40-38-36-28-26-24-22-20-18-16-14-12-10-8-6-4-2)65-97-81-77(95)74(92)79(69(63-86)99-81)102-83-78(96)75(93)80(70(64-87)100-83)101-82-76(94)73(91)72(90)68(62-85)98-82/h58,60,66-70,72-83,85-88,90-96H,3-57,59,61-65H2,1-2H3,(H,84,89)/b60-58+. The summed E-state index contributed by atoms with van der Waals surface area (Å²) in [5.41, 5.74) is 0. The van der Waals surface area contributed by atoms with Gasteiger partial charge in [-0.1, -0.05) is 366 Å². The number of carbonyl (C=O) groups is 1. The average Bonchev–Trinajstić information content (AvgIpc) is 0.781. The Morgan fingerprint density at radius 2 is 0.608 bits per heavy atom. The highest BCUT2D eigenvalue weighted by molar-refractivity contribution is 5.76. The van der Waals surface area contributed by atoms with E-state index in [-0.39, 0.29) is 18.9 Å². The van der Waals surface area contributed by atoms with Crippen LogP contribution in [-0.4, -0.2) is 193 Å². The topological polar surface area (TPSA) is 307 Å². The molecule has 19 nitrogen and oxygen atoms in total. The molecule has 0 spiro atoms. The van der Waals surface area contributed by atoms with E-state index in [9.17, 15) is 61.0 Å². The summed E-state index contributed by atoms with van der Waals surface area (Å²) in [6.45, 7) is 1.81. The minimum absolute atomic E-state index is 0.250. The first-order chi connectivity index (χ1) is 49.8. The summed E-state index contributed by atoms with van der Waals surface area (Å²) >= 11 is 0. The van der Waals surface area contributed by atoms with Crippen LogP contribution in [0.5, 0.6) is 0 Å². The van der Waals surface area contributed by atoms with Crippen LogP contribution in [0.2, 0.25) is 0 Å². The number of aliphatic hydroxyl groups is 11. The predicted octanol–water partition coefficient (Wildman–Crippen LogP) is 15.1. The summed E-state index contributed by atoms with van der Waals surface area (Å²) in [7, 11) is 0. The van der Waals surface area contributed by atoms with Gasteiger partial charge in [-0.15, -0.1) is 0 Å². The Morgan fingerprint density at radius 1 is 0.343 bits per heavy atom. The van der Waals surface area contributed by atoms with Gasteiger partial charge in [0.05, 0.1) is 38.6 Å². The summed E-state index contributed by atoms with van der Waals surface area (Å²) in [5.74, 6) is -0.265. The van der Waals surface area contributed by atoms with Gasteiger partial charge in [0.2, 0.25) is 5.91 Å². The molecule has 3 fully saturated rings. The molecule has 102 heavy (non-hydrogen) atoms. The number of carbonyl (C=O) groups excluding carboxylic acids is 1. The third-order valence-corrected chi connectivity index (χ3v) is 21.8. The van der Waals surface area contributed by atoms with Crippen LogP contribution in [0.1, 0.15) is 380 Å². The molecule has 17 unspecified atom stereocenters. The van der Waals surface area contributed by atoms with E-state index in [4.69, 9.17) is 28.4 Å². The van der Waals surface area contributed by atoms with Crippen molar-refractivity contribution in [3.63, 3.8) is 0 Å². The first-order valence-electron chi connectivity index (χ1n) is 42.9. The second kappa shape index (κ2) is 64.4. The molecule has 3 aliphatic heterocycles. The first kappa shape index (κ1) is 94.7. The summed E-state index contributed by atoms with van der Waals surface area (Å²) in [5, 5.41) is 121. The number of allylic oxidation sites excluding steroid dienone is 1. The fraction of sp³-hybridized carbons (Fsp3) is 0.964. The maximum Gasteiger partial charge on any atom is 0.220 e. The molecule has 0 saturated carbocycles. The fourth-order valence-corrected chi connectivity index (χ4v) is 15.0. The van der Waals surface area contributed by atoms with Gasteiger partial charge in [-0.05, 0) is 19.3 Å². The lowest BCUT2D eigenvalue weighted by Crippen LogP contribution is -2.66. The van der Waals surface area contributed by atoms with Crippen molar-refractivity contribution < 1.29 is 89.4 Å². The number of amides is 1. The molecule has 0 radical (unpaired) electrons. The lowest BCUT2D eigenvalue weighted by Gasteiger charge is -2.48. The zero-order valence-electron chi connectivity index (χ0n) is 64.9. The number of unbranched alkanes of at least 4 members (excludes halogenated alkanes) is 54. The van der Waals surface area contributed by atoms with E-state index in [1.54, 1.807) is 6.08 Å². The normalized spacial score (nSPS) is 26.1. The zero-order chi connectivity index (χ0) is 73.9. The number of aliphatic hydroxyl groups excluding tert-OH is 11.